The van der Waals surface area contributed by atoms with E-state index in [-0.39, 0.29) is 5.91 Å². The zero-order valence-corrected chi connectivity index (χ0v) is 10.9. The summed E-state index contributed by atoms with van der Waals surface area (Å²) in [5.41, 5.74) is 1.61. The minimum absolute atomic E-state index is 0.321. The summed E-state index contributed by atoms with van der Waals surface area (Å²) >= 11 is 0. The van der Waals surface area contributed by atoms with Crippen molar-refractivity contribution in [3.63, 3.8) is 0 Å². The second kappa shape index (κ2) is 5.03. The van der Waals surface area contributed by atoms with E-state index in [4.69, 9.17) is 0 Å². The molecule has 6 heteroatoms. The number of aryl methyl sites for hydroxylation is 2. The number of rotatable bonds is 2. The number of carbonyl (C=O) groups excluding carboxylic acids is 1. The summed E-state index contributed by atoms with van der Waals surface area (Å²) in [4.78, 5) is 15.0. The molecular weight excluding hydrogens is 269 g/mol. The van der Waals surface area contributed by atoms with Crippen molar-refractivity contribution in [3.05, 3.63) is 52.8 Å². The number of nitrogens with one attached hydrogen (secondary N) is 2. The quantitative estimate of drug-likeness (QED) is 0.862. The Morgan fingerprint density at radius 3 is 2.20 bits per heavy atom. The molecule has 0 unspecified atom stereocenters. The van der Waals surface area contributed by atoms with Crippen LogP contribution in [0.1, 0.15) is 27.3 Å². The molecule has 106 valence electrons. The summed E-state index contributed by atoms with van der Waals surface area (Å²) in [5.74, 6) is -0.355. The molecule has 2 rings (SSSR count). The van der Waals surface area contributed by atoms with Crippen LogP contribution in [-0.4, -0.2) is 10.9 Å². The summed E-state index contributed by atoms with van der Waals surface area (Å²) < 4.78 is 37.2. The van der Waals surface area contributed by atoms with E-state index in [2.05, 4.69) is 10.3 Å². The Labute approximate surface area is 113 Å². The molecule has 0 radical (unpaired) electrons. The molecule has 0 spiro atoms. The molecule has 0 bridgehead atoms. The Hall–Kier alpha value is -2.24. The van der Waals surface area contributed by atoms with Crippen LogP contribution in [0.15, 0.2) is 30.3 Å². The van der Waals surface area contributed by atoms with Crippen LogP contribution in [0.4, 0.5) is 18.9 Å². The first kappa shape index (κ1) is 14.2. The molecule has 0 aliphatic heterocycles. The van der Waals surface area contributed by atoms with Gasteiger partial charge in [-0.25, -0.2) is 0 Å². The van der Waals surface area contributed by atoms with E-state index in [1.54, 1.807) is 13.0 Å². The molecule has 0 saturated heterocycles. The maximum Gasteiger partial charge on any atom is 0.416 e. The Kier molecular flexibility index (Phi) is 3.57. The molecule has 0 fully saturated rings. The van der Waals surface area contributed by atoms with Gasteiger partial charge >= 0.3 is 6.18 Å². The molecular formula is C14H13F3N2O. The Morgan fingerprint density at radius 1 is 1.15 bits per heavy atom. The van der Waals surface area contributed by atoms with Crippen molar-refractivity contribution in [2.45, 2.75) is 20.0 Å². The van der Waals surface area contributed by atoms with Crippen molar-refractivity contribution in [2.24, 2.45) is 0 Å². The van der Waals surface area contributed by atoms with Gasteiger partial charge in [-0.3, -0.25) is 4.79 Å². The second-order valence-corrected chi connectivity index (χ2v) is 4.52. The number of hydrogen-bond donors (Lipinski definition) is 2. The highest BCUT2D eigenvalue weighted by Crippen LogP contribution is 2.29. The summed E-state index contributed by atoms with van der Waals surface area (Å²) in [7, 11) is 0. The fourth-order valence-corrected chi connectivity index (χ4v) is 1.90. The van der Waals surface area contributed by atoms with E-state index in [1.807, 2.05) is 6.92 Å². The number of carbonyl (C=O) groups is 1. The van der Waals surface area contributed by atoms with E-state index in [1.165, 1.54) is 12.1 Å². The molecule has 2 aromatic rings. The summed E-state index contributed by atoms with van der Waals surface area (Å²) in [5, 5.41) is 2.56. The van der Waals surface area contributed by atoms with Crippen molar-refractivity contribution in [1.29, 1.82) is 0 Å². The highest BCUT2D eigenvalue weighted by atomic mass is 19.4. The van der Waals surface area contributed by atoms with Gasteiger partial charge in [0.15, 0.2) is 0 Å². The first-order valence-corrected chi connectivity index (χ1v) is 5.92. The van der Waals surface area contributed by atoms with Crippen LogP contribution < -0.4 is 5.32 Å². The SMILES string of the molecule is Cc1cc(C(=O)Nc2ccc(C(F)(F)F)cc2)c(C)[nH]1. The molecule has 0 saturated carbocycles. The fourth-order valence-electron chi connectivity index (χ4n) is 1.90. The van der Waals surface area contributed by atoms with Gasteiger partial charge in [-0.05, 0) is 44.2 Å². The predicted molar refractivity (Wildman–Crippen MR) is 69.7 cm³/mol. The summed E-state index contributed by atoms with van der Waals surface area (Å²) in [6.07, 6.45) is -4.38. The molecule has 20 heavy (non-hydrogen) atoms. The van der Waals surface area contributed by atoms with Crippen molar-refractivity contribution >= 4 is 11.6 Å². The lowest BCUT2D eigenvalue weighted by atomic mass is 10.2. The fraction of sp³-hybridized carbons (Fsp3) is 0.214. The van der Waals surface area contributed by atoms with Gasteiger partial charge in [0, 0.05) is 17.1 Å². The molecule has 0 aliphatic carbocycles. The van der Waals surface area contributed by atoms with Crippen molar-refractivity contribution in [2.75, 3.05) is 5.32 Å². The van der Waals surface area contributed by atoms with E-state index in [0.29, 0.717) is 16.9 Å². The number of aromatic nitrogens is 1. The minimum atomic E-state index is -4.38. The predicted octanol–water partition coefficient (Wildman–Crippen LogP) is 3.90. The van der Waals surface area contributed by atoms with Gasteiger partial charge in [0.2, 0.25) is 0 Å². The monoisotopic (exact) mass is 282 g/mol. The smallest absolute Gasteiger partial charge is 0.362 e. The Bertz CT molecular complexity index is 627. The minimum Gasteiger partial charge on any atom is -0.362 e. The molecule has 3 nitrogen and oxygen atoms in total. The Balaban J connectivity index is 2.14. The summed E-state index contributed by atoms with van der Waals surface area (Å²) in [6.45, 7) is 3.58. The largest absolute Gasteiger partial charge is 0.416 e. The van der Waals surface area contributed by atoms with E-state index in [0.717, 1.165) is 17.8 Å². The lowest BCUT2D eigenvalue weighted by Gasteiger charge is -2.08. The molecule has 2 N–H and O–H groups in total. The maximum absolute atomic E-state index is 12.4. The number of anilines is 1. The van der Waals surface area contributed by atoms with Crippen molar-refractivity contribution < 1.29 is 18.0 Å². The molecule has 1 amide bonds. The average molecular weight is 282 g/mol. The zero-order chi connectivity index (χ0) is 14.9. The normalized spacial score (nSPS) is 11.4. The lowest BCUT2D eigenvalue weighted by molar-refractivity contribution is -0.137. The number of H-pyrrole nitrogens is 1. The van der Waals surface area contributed by atoms with E-state index in [9.17, 15) is 18.0 Å². The van der Waals surface area contributed by atoms with Crippen molar-refractivity contribution in [1.82, 2.24) is 4.98 Å². The number of amides is 1. The van der Waals surface area contributed by atoms with Crippen LogP contribution in [-0.2, 0) is 6.18 Å². The number of alkyl halides is 3. The first-order chi connectivity index (χ1) is 9.27. The van der Waals surface area contributed by atoms with Gasteiger partial charge < -0.3 is 10.3 Å². The van der Waals surface area contributed by atoms with Gasteiger partial charge in [-0.15, -0.1) is 0 Å². The first-order valence-electron chi connectivity index (χ1n) is 5.92. The van der Waals surface area contributed by atoms with Gasteiger partial charge in [-0.2, -0.15) is 13.2 Å². The third-order valence-electron chi connectivity index (χ3n) is 2.86. The van der Waals surface area contributed by atoms with Crippen LogP contribution in [0.5, 0.6) is 0 Å². The molecule has 1 aromatic heterocycles. The average Bonchev–Trinajstić information content (AvgIpc) is 2.68. The van der Waals surface area contributed by atoms with Gasteiger partial charge in [0.25, 0.3) is 5.91 Å². The standard InChI is InChI=1S/C14H13F3N2O/c1-8-7-12(9(2)18-8)13(20)19-11-5-3-10(4-6-11)14(15,16)17/h3-7,18H,1-2H3,(H,19,20). The highest BCUT2D eigenvalue weighted by Gasteiger charge is 2.30. The van der Waals surface area contributed by atoms with Crippen LogP contribution >= 0.6 is 0 Å². The van der Waals surface area contributed by atoms with Crippen LogP contribution in [0.2, 0.25) is 0 Å². The molecule has 1 aromatic carbocycles. The Morgan fingerprint density at radius 2 is 1.75 bits per heavy atom. The lowest BCUT2D eigenvalue weighted by Crippen LogP contribution is -2.12. The maximum atomic E-state index is 12.4. The van der Waals surface area contributed by atoms with Gasteiger partial charge in [0.05, 0.1) is 11.1 Å². The summed E-state index contributed by atoms with van der Waals surface area (Å²) in [6, 6.07) is 6.02. The van der Waals surface area contributed by atoms with Gasteiger partial charge in [0.1, 0.15) is 0 Å². The highest BCUT2D eigenvalue weighted by molar-refractivity contribution is 6.05. The number of hydrogen-bond acceptors (Lipinski definition) is 1. The number of halogens is 3. The molecule has 0 aliphatic rings. The van der Waals surface area contributed by atoms with Crippen molar-refractivity contribution in [3.8, 4) is 0 Å². The third-order valence-corrected chi connectivity index (χ3v) is 2.86. The molecule has 1 heterocycles. The van der Waals surface area contributed by atoms with E-state index >= 15 is 0 Å². The third kappa shape index (κ3) is 3.01. The zero-order valence-electron chi connectivity index (χ0n) is 10.9. The van der Waals surface area contributed by atoms with Crippen LogP contribution in [0.3, 0.4) is 0 Å². The topological polar surface area (TPSA) is 44.9 Å². The second-order valence-electron chi connectivity index (χ2n) is 4.52. The number of aromatic amines is 1. The number of benzene rings is 1. The molecule has 0 atom stereocenters. The van der Waals surface area contributed by atoms with Crippen LogP contribution in [0.25, 0.3) is 0 Å². The van der Waals surface area contributed by atoms with E-state index < -0.39 is 11.7 Å². The van der Waals surface area contributed by atoms with Gasteiger partial charge in [-0.1, -0.05) is 0 Å². The van der Waals surface area contributed by atoms with Crippen LogP contribution in [0, 0.1) is 13.8 Å².